The first-order valence-electron chi connectivity index (χ1n) is 10.5. The van der Waals surface area contributed by atoms with Gasteiger partial charge in [0.1, 0.15) is 12.0 Å². The van der Waals surface area contributed by atoms with E-state index in [1.54, 1.807) is 6.33 Å². The van der Waals surface area contributed by atoms with Crippen LogP contribution in [0.3, 0.4) is 0 Å². The lowest BCUT2D eigenvalue weighted by atomic mass is 9.98. The van der Waals surface area contributed by atoms with Crippen LogP contribution in [0.15, 0.2) is 41.1 Å². The van der Waals surface area contributed by atoms with Crippen molar-refractivity contribution in [1.82, 2.24) is 19.9 Å². The zero-order valence-corrected chi connectivity index (χ0v) is 18.3. The second-order valence-corrected chi connectivity index (χ2v) is 8.87. The van der Waals surface area contributed by atoms with Gasteiger partial charge in [-0.05, 0) is 61.4 Å². The second kappa shape index (κ2) is 8.22. The molecule has 2 aliphatic rings. The summed E-state index contributed by atoms with van der Waals surface area (Å²) in [5, 5.41) is 4.17. The molecule has 0 radical (unpaired) electrons. The van der Waals surface area contributed by atoms with Crippen molar-refractivity contribution in [2.45, 2.75) is 38.5 Å². The molecule has 1 aliphatic carbocycles. The number of aromatic amines is 1. The number of halogens is 1. The largest absolute Gasteiger partial charge is 0.343 e. The van der Waals surface area contributed by atoms with Crippen molar-refractivity contribution in [2.75, 3.05) is 18.4 Å². The average molecular weight is 466 g/mol. The first-order valence-corrected chi connectivity index (χ1v) is 11.3. The Balaban J connectivity index is 1.38. The highest BCUT2D eigenvalue weighted by atomic mass is 79.9. The number of H-pyrrole nitrogens is 1. The number of anilines is 1. The molecule has 0 spiro atoms. The summed E-state index contributed by atoms with van der Waals surface area (Å²) in [5.74, 6) is 0. The molecule has 7 heteroatoms. The molecule has 2 amide bonds. The van der Waals surface area contributed by atoms with Gasteiger partial charge >= 0.3 is 6.03 Å². The van der Waals surface area contributed by atoms with Gasteiger partial charge in [0.05, 0.1) is 5.69 Å². The van der Waals surface area contributed by atoms with Crippen molar-refractivity contribution in [3.8, 4) is 0 Å². The van der Waals surface area contributed by atoms with Crippen molar-refractivity contribution in [3.05, 3.63) is 58.1 Å². The van der Waals surface area contributed by atoms with Crippen molar-refractivity contribution in [2.24, 2.45) is 0 Å². The molecule has 3 heterocycles. The number of carbonyl (C=O) groups excluding carboxylic acids is 1. The van der Waals surface area contributed by atoms with E-state index in [1.165, 1.54) is 41.5 Å². The smallest absolute Gasteiger partial charge is 0.322 e. The minimum Gasteiger partial charge on any atom is -0.343 e. The third-order valence-electron chi connectivity index (χ3n) is 6.01. The summed E-state index contributed by atoms with van der Waals surface area (Å²) in [7, 11) is 0. The lowest BCUT2D eigenvalue weighted by Crippen LogP contribution is -2.37. The Kier molecular flexibility index (Phi) is 5.29. The van der Waals surface area contributed by atoms with Crippen LogP contribution in [0.2, 0.25) is 0 Å². The van der Waals surface area contributed by atoms with E-state index in [2.05, 4.69) is 42.3 Å². The van der Waals surface area contributed by atoms with Gasteiger partial charge in [-0.3, -0.25) is 0 Å². The van der Waals surface area contributed by atoms with E-state index in [-0.39, 0.29) is 6.03 Å². The van der Waals surface area contributed by atoms with Crippen molar-refractivity contribution in [3.63, 3.8) is 0 Å². The average Bonchev–Trinajstić information content (AvgIpc) is 2.95. The van der Waals surface area contributed by atoms with E-state index < -0.39 is 0 Å². The zero-order valence-electron chi connectivity index (χ0n) is 16.7. The fourth-order valence-corrected chi connectivity index (χ4v) is 4.89. The van der Waals surface area contributed by atoms with Gasteiger partial charge in [-0.1, -0.05) is 34.5 Å². The fourth-order valence-electron chi connectivity index (χ4n) is 4.49. The van der Waals surface area contributed by atoms with Crippen molar-refractivity contribution >= 4 is 44.3 Å². The van der Waals surface area contributed by atoms with E-state index in [1.807, 2.05) is 29.2 Å². The summed E-state index contributed by atoms with van der Waals surface area (Å²) in [6, 6.07) is 7.57. The van der Waals surface area contributed by atoms with Crippen LogP contribution >= 0.6 is 15.9 Å². The van der Waals surface area contributed by atoms with Gasteiger partial charge in [-0.2, -0.15) is 0 Å². The molecule has 6 nitrogen and oxygen atoms in total. The number of hydrogen-bond donors (Lipinski definition) is 2. The number of carbonyl (C=O) groups is 1. The van der Waals surface area contributed by atoms with Crippen LogP contribution in [0.4, 0.5) is 10.5 Å². The highest BCUT2D eigenvalue weighted by Crippen LogP contribution is 2.33. The lowest BCUT2D eigenvalue weighted by molar-refractivity contribution is 0.217. The molecule has 0 bridgehead atoms. The number of urea groups is 1. The Labute approximate surface area is 183 Å². The predicted molar refractivity (Wildman–Crippen MR) is 122 cm³/mol. The molecular formula is C23H24BrN5O. The Hall–Kier alpha value is -2.67. The summed E-state index contributed by atoms with van der Waals surface area (Å²) in [6.07, 6.45) is 10.5. The molecule has 2 aromatic heterocycles. The van der Waals surface area contributed by atoms with E-state index >= 15 is 0 Å². The molecule has 1 aliphatic heterocycles. The number of nitrogens with one attached hydrogen (secondary N) is 2. The second-order valence-electron chi connectivity index (χ2n) is 7.95. The van der Waals surface area contributed by atoms with Gasteiger partial charge in [0.25, 0.3) is 0 Å². The van der Waals surface area contributed by atoms with Crippen molar-refractivity contribution < 1.29 is 4.79 Å². The number of amides is 2. The molecule has 30 heavy (non-hydrogen) atoms. The van der Waals surface area contributed by atoms with Crippen LogP contribution in [0, 0.1) is 0 Å². The Bertz CT molecular complexity index is 1140. The van der Waals surface area contributed by atoms with Gasteiger partial charge in [0.15, 0.2) is 0 Å². The molecule has 0 atom stereocenters. The highest BCUT2D eigenvalue weighted by Gasteiger charge is 2.23. The minimum absolute atomic E-state index is 0.0771. The molecule has 5 rings (SSSR count). The van der Waals surface area contributed by atoms with E-state index in [0.29, 0.717) is 13.1 Å². The molecule has 0 fully saturated rings. The van der Waals surface area contributed by atoms with Gasteiger partial charge in [-0.15, -0.1) is 0 Å². The predicted octanol–water partition coefficient (Wildman–Crippen LogP) is 5.31. The van der Waals surface area contributed by atoms with Crippen LogP contribution in [-0.2, 0) is 12.8 Å². The van der Waals surface area contributed by atoms with Crippen LogP contribution < -0.4 is 5.32 Å². The SMILES string of the molecule is O=C(Nc1cccc(Br)c1)N1CC=C(c2ncnc3[nH]c4c(c23)CCCCC4)CC1. The van der Waals surface area contributed by atoms with E-state index in [4.69, 9.17) is 0 Å². The third-order valence-corrected chi connectivity index (χ3v) is 6.51. The molecule has 1 aromatic carbocycles. The third kappa shape index (κ3) is 3.74. The van der Waals surface area contributed by atoms with Crippen LogP contribution in [0.1, 0.15) is 42.6 Å². The minimum atomic E-state index is -0.0771. The quantitative estimate of drug-likeness (QED) is 0.503. The highest BCUT2D eigenvalue weighted by molar-refractivity contribution is 9.10. The van der Waals surface area contributed by atoms with Gasteiger partial charge < -0.3 is 15.2 Å². The van der Waals surface area contributed by atoms with Crippen LogP contribution in [0.25, 0.3) is 16.6 Å². The molecule has 0 saturated carbocycles. The van der Waals surface area contributed by atoms with E-state index in [0.717, 1.165) is 40.8 Å². The summed E-state index contributed by atoms with van der Waals surface area (Å²) >= 11 is 3.44. The summed E-state index contributed by atoms with van der Waals surface area (Å²) in [4.78, 5) is 27.2. The summed E-state index contributed by atoms with van der Waals surface area (Å²) < 4.78 is 0.944. The maximum Gasteiger partial charge on any atom is 0.322 e. The topological polar surface area (TPSA) is 73.9 Å². The Morgan fingerprint density at radius 3 is 2.87 bits per heavy atom. The molecular weight excluding hydrogens is 442 g/mol. The number of rotatable bonds is 2. The molecule has 2 N–H and O–H groups in total. The first-order chi connectivity index (χ1) is 14.7. The number of aromatic nitrogens is 3. The molecule has 0 unspecified atom stereocenters. The zero-order chi connectivity index (χ0) is 20.5. The molecule has 0 saturated heterocycles. The lowest BCUT2D eigenvalue weighted by Gasteiger charge is -2.26. The molecule has 3 aromatic rings. The fraction of sp³-hybridized carbons (Fsp3) is 0.348. The standard InChI is InChI=1S/C23H24BrN5O/c24-16-5-4-6-17(13-16)27-23(30)29-11-9-15(10-12-29)21-20-18-7-2-1-3-8-19(18)28-22(20)26-14-25-21/h4-6,9,13-14H,1-3,7-8,10-12H2,(H,27,30)(H,25,26,28). The van der Waals surface area contributed by atoms with Gasteiger partial charge in [-0.25, -0.2) is 14.8 Å². The van der Waals surface area contributed by atoms with Crippen molar-refractivity contribution in [1.29, 1.82) is 0 Å². The first kappa shape index (κ1) is 19.3. The normalized spacial score (nSPS) is 16.7. The number of hydrogen-bond acceptors (Lipinski definition) is 3. The maximum absolute atomic E-state index is 12.7. The Morgan fingerprint density at radius 1 is 1.13 bits per heavy atom. The summed E-state index contributed by atoms with van der Waals surface area (Å²) in [6.45, 7) is 1.25. The van der Waals surface area contributed by atoms with Crippen LogP contribution in [0.5, 0.6) is 0 Å². The van der Waals surface area contributed by atoms with Gasteiger partial charge in [0.2, 0.25) is 0 Å². The van der Waals surface area contributed by atoms with E-state index in [9.17, 15) is 4.79 Å². The number of nitrogens with zero attached hydrogens (tertiary/aromatic N) is 3. The molecule has 154 valence electrons. The number of fused-ring (bicyclic) bond motifs is 3. The van der Waals surface area contributed by atoms with Crippen LogP contribution in [-0.4, -0.2) is 39.0 Å². The number of benzene rings is 1. The monoisotopic (exact) mass is 465 g/mol. The number of aryl methyl sites for hydroxylation is 2. The Morgan fingerprint density at radius 2 is 2.03 bits per heavy atom. The maximum atomic E-state index is 12.7. The summed E-state index contributed by atoms with van der Waals surface area (Å²) in [5.41, 5.74) is 6.70. The van der Waals surface area contributed by atoms with Gasteiger partial charge in [0, 0.05) is 34.3 Å².